The van der Waals surface area contributed by atoms with Gasteiger partial charge in [-0.2, -0.15) is 0 Å². The topological polar surface area (TPSA) is 87.5 Å². The van der Waals surface area contributed by atoms with Crippen LogP contribution in [-0.2, 0) is 4.79 Å². The first-order chi connectivity index (χ1) is 17.1. The van der Waals surface area contributed by atoms with Gasteiger partial charge in [0.1, 0.15) is 19.0 Å². The average Bonchev–Trinajstić information content (AvgIpc) is 3.32. The Kier molecular flexibility index (Phi) is 6.58. The predicted octanol–water partition coefficient (Wildman–Crippen LogP) is 4.75. The van der Waals surface area contributed by atoms with Crippen LogP contribution in [0.15, 0.2) is 71.9 Å². The largest absolute Gasteiger partial charge is 0.497 e. The van der Waals surface area contributed by atoms with E-state index in [0.717, 1.165) is 22.6 Å². The highest BCUT2D eigenvalue weighted by Crippen LogP contribution is 2.33. The van der Waals surface area contributed by atoms with E-state index in [4.69, 9.17) is 14.2 Å². The number of fused-ring (bicyclic) bond motifs is 1. The summed E-state index contributed by atoms with van der Waals surface area (Å²) in [6.45, 7) is 3.05. The molecule has 0 atom stereocenters. The Balaban J connectivity index is 1.36. The number of amides is 1. The van der Waals surface area contributed by atoms with E-state index in [2.05, 4.69) is 15.5 Å². The molecule has 1 N–H and O–H groups in total. The minimum atomic E-state index is -0.156. The van der Waals surface area contributed by atoms with Crippen LogP contribution in [0.1, 0.15) is 5.56 Å². The maximum absolute atomic E-state index is 12.7. The fourth-order valence-corrected chi connectivity index (χ4v) is 4.42. The summed E-state index contributed by atoms with van der Waals surface area (Å²) in [6.07, 6.45) is 0. The molecular weight excluding hydrogens is 464 g/mol. The molecule has 9 heteroatoms. The van der Waals surface area contributed by atoms with Crippen molar-refractivity contribution in [1.82, 2.24) is 14.8 Å². The number of aromatic nitrogens is 3. The van der Waals surface area contributed by atoms with Gasteiger partial charge < -0.3 is 19.5 Å². The Labute approximate surface area is 207 Å². The highest BCUT2D eigenvalue weighted by Gasteiger charge is 2.18. The van der Waals surface area contributed by atoms with Crippen LogP contribution < -0.4 is 19.5 Å². The van der Waals surface area contributed by atoms with Crippen LogP contribution >= 0.6 is 11.8 Å². The van der Waals surface area contributed by atoms with E-state index in [1.165, 1.54) is 11.8 Å². The molecule has 1 aromatic heterocycles. The molecule has 3 aromatic carbocycles. The van der Waals surface area contributed by atoms with E-state index < -0.39 is 0 Å². The van der Waals surface area contributed by atoms with E-state index in [9.17, 15) is 4.79 Å². The number of nitrogens with zero attached hydrogens (tertiary/aromatic N) is 3. The summed E-state index contributed by atoms with van der Waals surface area (Å²) in [5.74, 6) is 2.77. The van der Waals surface area contributed by atoms with Crippen LogP contribution in [-0.4, -0.2) is 46.7 Å². The summed E-state index contributed by atoms with van der Waals surface area (Å²) in [6, 6.07) is 21.1. The lowest BCUT2D eigenvalue weighted by Gasteiger charge is -2.19. The number of anilines is 1. The predicted molar refractivity (Wildman–Crippen MR) is 135 cm³/mol. The van der Waals surface area contributed by atoms with Crippen molar-refractivity contribution in [1.29, 1.82) is 0 Å². The van der Waals surface area contributed by atoms with Gasteiger partial charge in [0.05, 0.1) is 12.9 Å². The summed E-state index contributed by atoms with van der Waals surface area (Å²) >= 11 is 1.32. The average molecular weight is 489 g/mol. The molecule has 0 saturated carbocycles. The smallest absolute Gasteiger partial charge is 0.234 e. The molecule has 178 valence electrons. The minimum Gasteiger partial charge on any atom is -0.497 e. The standard InChI is InChI=1S/C26H24N4O4S/c1-17-3-8-20(9-4-17)30-25(18-5-10-21(32-2)11-6-18)28-29-26(30)35-16-24(31)27-19-7-12-22-23(15-19)34-14-13-33-22/h3-12,15H,13-14,16H2,1-2H3,(H,27,31). The number of carbonyl (C=O) groups is 1. The van der Waals surface area contributed by atoms with Crippen LogP contribution in [0.4, 0.5) is 5.69 Å². The highest BCUT2D eigenvalue weighted by atomic mass is 32.2. The number of thioether (sulfide) groups is 1. The summed E-state index contributed by atoms with van der Waals surface area (Å²) < 4.78 is 18.4. The van der Waals surface area contributed by atoms with Crippen LogP contribution in [0.2, 0.25) is 0 Å². The van der Waals surface area contributed by atoms with E-state index in [1.807, 2.05) is 60.0 Å². The third-order valence-corrected chi connectivity index (χ3v) is 6.36. The van der Waals surface area contributed by atoms with Crippen molar-refractivity contribution in [2.45, 2.75) is 12.1 Å². The van der Waals surface area contributed by atoms with E-state index in [1.54, 1.807) is 25.3 Å². The number of ether oxygens (including phenoxy) is 3. The number of hydrogen-bond donors (Lipinski definition) is 1. The van der Waals surface area contributed by atoms with Crippen molar-refractivity contribution in [3.05, 3.63) is 72.3 Å². The molecule has 1 amide bonds. The Hall–Kier alpha value is -3.98. The molecule has 0 unspecified atom stereocenters. The quantitative estimate of drug-likeness (QED) is 0.376. The van der Waals surface area contributed by atoms with E-state index >= 15 is 0 Å². The number of aryl methyl sites for hydroxylation is 1. The monoisotopic (exact) mass is 488 g/mol. The summed E-state index contributed by atoms with van der Waals surface area (Å²) in [4.78, 5) is 12.7. The van der Waals surface area contributed by atoms with E-state index in [0.29, 0.717) is 41.4 Å². The third kappa shape index (κ3) is 5.09. The van der Waals surface area contributed by atoms with Crippen molar-refractivity contribution >= 4 is 23.4 Å². The zero-order valence-electron chi connectivity index (χ0n) is 19.4. The summed E-state index contributed by atoms with van der Waals surface area (Å²) in [7, 11) is 1.63. The van der Waals surface area contributed by atoms with Gasteiger partial charge in [0.2, 0.25) is 5.91 Å². The Morgan fingerprint density at radius 3 is 2.49 bits per heavy atom. The second-order valence-corrected chi connectivity index (χ2v) is 8.84. The number of nitrogens with one attached hydrogen (secondary N) is 1. The zero-order valence-corrected chi connectivity index (χ0v) is 20.2. The molecule has 2 heterocycles. The molecule has 0 saturated heterocycles. The van der Waals surface area contributed by atoms with Gasteiger partial charge >= 0.3 is 0 Å². The molecule has 1 aliphatic rings. The van der Waals surface area contributed by atoms with Gasteiger partial charge in [-0.3, -0.25) is 9.36 Å². The van der Waals surface area contributed by atoms with Gasteiger partial charge in [-0.25, -0.2) is 0 Å². The number of hydrogen-bond acceptors (Lipinski definition) is 7. The van der Waals surface area contributed by atoms with Crippen LogP contribution in [0, 0.1) is 6.92 Å². The molecule has 4 aromatic rings. The molecule has 0 bridgehead atoms. The molecule has 0 spiro atoms. The number of rotatable bonds is 7. The maximum atomic E-state index is 12.7. The second kappa shape index (κ2) is 10.1. The molecule has 5 rings (SSSR count). The number of benzene rings is 3. The lowest BCUT2D eigenvalue weighted by molar-refractivity contribution is -0.113. The molecule has 35 heavy (non-hydrogen) atoms. The normalized spacial score (nSPS) is 12.3. The van der Waals surface area contributed by atoms with Crippen LogP contribution in [0.25, 0.3) is 17.1 Å². The van der Waals surface area contributed by atoms with Gasteiger partial charge in [0, 0.05) is 23.0 Å². The van der Waals surface area contributed by atoms with Crippen LogP contribution in [0.3, 0.4) is 0 Å². The molecule has 0 fully saturated rings. The first-order valence-electron chi connectivity index (χ1n) is 11.1. The fourth-order valence-electron chi connectivity index (χ4n) is 3.67. The first kappa shape index (κ1) is 22.8. The molecule has 8 nitrogen and oxygen atoms in total. The zero-order chi connectivity index (χ0) is 24.2. The third-order valence-electron chi connectivity index (χ3n) is 5.43. The van der Waals surface area contributed by atoms with Crippen molar-refractivity contribution in [2.24, 2.45) is 0 Å². The SMILES string of the molecule is COc1ccc(-c2nnc(SCC(=O)Nc3ccc4c(c3)OCCO4)n2-c2ccc(C)cc2)cc1. The Morgan fingerprint density at radius 1 is 1.00 bits per heavy atom. The first-order valence-corrected chi connectivity index (χ1v) is 12.1. The van der Waals surface area contributed by atoms with Crippen LogP contribution in [0.5, 0.6) is 17.2 Å². The maximum Gasteiger partial charge on any atom is 0.234 e. The molecule has 0 radical (unpaired) electrons. The number of methoxy groups -OCH3 is 1. The van der Waals surface area contributed by atoms with Crippen molar-refractivity contribution in [3.8, 4) is 34.3 Å². The highest BCUT2D eigenvalue weighted by molar-refractivity contribution is 7.99. The lowest BCUT2D eigenvalue weighted by Crippen LogP contribution is -2.17. The molecule has 0 aliphatic carbocycles. The second-order valence-electron chi connectivity index (χ2n) is 7.90. The Bertz CT molecular complexity index is 1340. The van der Waals surface area contributed by atoms with Gasteiger partial charge in [-0.1, -0.05) is 29.5 Å². The summed E-state index contributed by atoms with van der Waals surface area (Å²) in [5, 5.41) is 12.4. The summed E-state index contributed by atoms with van der Waals surface area (Å²) in [5.41, 5.74) is 3.62. The molecular formula is C26H24N4O4S. The van der Waals surface area contributed by atoms with Gasteiger partial charge in [-0.05, 0) is 55.5 Å². The van der Waals surface area contributed by atoms with Gasteiger partial charge in [-0.15, -0.1) is 10.2 Å². The van der Waals surface area contributed by atoms with E-state index in [-0.39, 0.29) is 11.7 Å². The van der Waals surface area contributed by atoms with Gasteiger partial charge in [0.15, 0.2) is 22.5 Å². The lowest BCUT2D eigenvalue weighted by atomic mass is 10.2. The molecule has 1 aliphatic heterocycles. The fraction of sp³-hybridized carbons (Fsp3) is 0.192. The minimum absolute atomic E-state index is 0.156. The van der Waals surface area contributed by atoms with Crippen molar-refractivity contribution < 1.29 is 19.0 Å². The van der Waals surface area contributed by atoms with Crippen molar-refractivity contribution in [2.75, 3.05) is 31.4 Å². The van der Waals surface area contributed by atoms with Crippen molar-refractivity contribution in [3.63, 3.8) is 0 Å². The Morgan fingerprint density at radius 2 is 1.74 bits per heavy atom. The number of carbonyl (C=O) groups excluding carboxylic acids is 1. The van der Waals surface area contributed by atoms with Gasteiger partial charge in [0.25, 0.3) is 0 Å².